The Balaban J connectivity index is 1.53. The molecule has 0 fully saturated rings. The summed E-state index contributed by atoms with van der Waals surface area (Å²) in [5.41, 5.74) is 2.65. The lowest BCUT2D eigenvalue weighted by atomic mass is 10.2. The summed E-state index contributed by atoms with van der Waals surface area (Å²) in [6.07, 6.45) is 1.78. The Labute approximate surface area is 155 Å². The average Bonchev–Trinajstić information content (AvgIpc) is 3.02. The first-order chi connectivity index (χ1) is 12.6. The standard InChI is InChI=1S/C19H18N4O2S/c1-23-16(14-8-4-2-5-9-14)12-20-19(23)26-13-17(24)22-18(25)21-15-10-6-3-7-11-15/h2-12H,13H2,1H3,(H2,21,22,24,25). The number of amides is 3. The minimum Gasteiger partial charge on any atom is -0.322 e. The van der Waals surface area contributed by atoms with Gasteiger partial charge in [0.25, 0.3) is 0 Å². The Bertz CT molecular complexity index is 894. The van der Waals surface area contributed by atoms with E-state index in [-0.39, 0.29) is 11.7 Å². The van der Waals surface area contributed by atoms with Crippen molar-refractivity contribution in [2.75, 3.05) is 11.1 Å². The first kappa shape index (κ1) is 17.8. The van der Waals surface area contributed by atoms with Crippen molar-refractivity contribution in [1.82, 2.24) is 14.9 Å². The fraction of sp³-hybridized carbons (Fsp3) is 0.105. The number of urea groups is 1. The number of carbonyl (C=O) groups excluding carboxylic acids is 2. The number of hydrogen-bond acceptors (Lipinski definition) is 4. The minimum atomic E-state index is -0.549. The fourth-order valence-corrected chi connectivity index (χ4v) is 3.13. The topological polar surface area (TPSA) is 76.0 Å². The highest BCUT2D eigenvalue weighted by Gasteiger charge is 2.12. The van der Waals surface area contributed by atoms with Crippen LogP contribution in [0.25, 0.3) is 11.3 Å². The number of nitrogens with one attached hydrogen (secondary N) is 2. The maximum absolute atomic E-state index is 12.0. The first-order valence-electron chi connectivity index (χ1n) is 7.99. The maximum atomic E-state index is 12.0. The molecule has 2 N–H and O–H groups in total. The lowest BCUT2D eigenvalue weighted by Gasteiger charge is -2.07. The summed E-state index contributed by atoms with van der Waals surface area (Å²) < 4.78 is 1.93. The van der Waals surface area contributed by atoms with Crippen LogP contribution < -0.4 is 10.6 Å². The summed E-state index contributed by atoms with van der Waals surface area (Å²) in [5, 5.41) is 5.63. The van der Waals surface area contributed by atoms with E-state index >= 15 is 0 Å². The van der Waals surface area contributed by atoms with Crippen molar-refractivity contribution < 1.29 is 9.59 Å². The quantitative estimate of drug-likeness (QED) is 0.678. The monoisotopic (exact) mass is 366 g/mol. The number of rotatable bonds is 5. The van der Waals surface area contributed by atoms with E-state index in [9.17, 15) is 9.59 Å². The molecule has 6 nitrogen and oxygen atoms in total. The zero-order chi connectivity index (χ0) is 18.4. The van der Waals surface area contributed by atoms with Gasteiger partial charge < -0.3 is 9.88 Å². The molecule has 0 saturated heterocycles. The molecule has 0 aliphatic carbocycles. The average molecular weight is 366 g/mol. The van der Waals surface area contributed by atoms with Crippen LogP contribution in [-0.2, 0) is 11.8 Å². The Morgan fingerprint density at radius 3 is 2.38 bits per heavy atom. The zero-order valence-electron chi connectivity index (χ0n) is 14.2. The molecule has 7 heteroatoms. The summed E-state index contributed by atoms with van der Waals surface area (Å²) in [6, 6.07) is 18.3. The van der Waals surface area contributed by atoms with Gasteiger partial charge >= 0.3 is 6.03 Å². The number of aromatic nitrogens is 2. The third-order valence-electron chi connectivity index (χ3n) is 3.63. The van der Waals surface area contributed by atoms with E-state index in [4.69, 9.17) is 0 Å². The summed E-state index contributed by atoms with van der Waals surface area (Å²) in [6.45, 7) is 0. The van der Waals surface area contributed by atoms with Crippen molar-refractivity contribution in [3.63, 3.8) is 0 Å². The molecular formula is C19H18N4O2S. The number of benzene rings is 2. The Morgan fingerprint density at radius 1 is 1.04 bits per heavy atom. The SMILES string of the molecule is Cn1c(-c2ccccc2)cnc1SCC(=O)NC(=O)Nc1ccccc1. The van der Waals surface area contributed by atoms with Crippen LogP contribution in [-0.4, -0.2) is 27.2 Å². The lowest BCUT2D eigenvalue weighted by molar-refractivity contribution is -0.117. The summed E-state index contributed by atoms with van der Waals surface area (Å²) >= 11 is 1.28. The number of para-hydroxylation sites is 1. The van der Waals surface area contributed by atoms with Crippen LogP contribution in [0.5, 0.6) is 0 Å². The van der Waals surface area contributed by atoms with Gasteiger partial charge in [-0.05, 0) is 17.7 Å². The number of nitrogens with zero attached hydrogens (tertiary/aromatic N) is 2. The van der Waals surface area contributed by atoms with Crippen LogP contribution >= 0.6 is 11.8 Å². The molecule has 0 bridgehead atoms. The number of carbonyl (C=O) groups is 2. The van der Waals surface area contributed by atoms with Gasteiger partial charge in [-0.2, -0.15) is 0 Å². The minimum absolute atomic E-state index is 0.0985. The highest BCUT2D eigenvalue weighted by molar-refractivity contribution is 7.99. The van der Waals surface area contributed by atoms with Crippen molar-refractivity contribution in [3.8, 4) is 11.3 Å². The summed E-state index contributed by atoms with van der Waals surface area (Å²) in [7, 11) is 1.90. The van der Waals surface area contributed by atoms with Gasteiger partial charge in [0, 0.05) is 12.7 Å². The number of anilines is 1. The van der Waals surface area contributed by atoms with Crippen molar-refractivity contribution in [2.45, 2.75) is 5.16 Å². The van der Waals surface area contributed by atoms with E-state index < -0.39 is 6.03 Å². The highest BCUT2D eigenvalue weighted by atomic mass is 32.2. The van der Waals surface area contributed by atoms with Gasteiger partial charge in [-0.25, -0.2) is 9.78 Å². The largest absolute Gasteiger partial charge is 0.325 e. The molecule has 26 heavy (non-hydrogen) atoms. The molecule has 2 aromatic carbocycles. The number of imide groups is 1. The predicted octanol–water partition coefficient (Wildman–Crippen LogP) is 3.53. The van der Waals surface area contributed by atoms with Gasteiger partial charge in [-0.15, -0.1) is 0 Å². The van der Waals surface area contributed by atoms with Gasteiger partial charge in [-0.3, -0.25) is 10.1 Å². The van der Waals surface area contributed by atoms with Crippen LogP contribution in [0.1, 0.15) is 0 Å². The third-order valence-corrected chi connectivity index (χ3v) is 4.68. The molecular weight excluding hydrogens is 348 g/mol. The van der Waals surface area contributed by atoms with Crippen LogP contribution in [0.3, 0.4) is 0 Å². The summed E-state index contributed by atoms with van der Waals surface area (Å²) in [5.74, 6) is -0.283. The molecule has 0 atom stereocenters. The van der Waals surface area contributed by atoms with E-state index in [1.165, 1.54) is 11.8 Å². The first-order valence-corrected chi connectivity index (χ1v) is 8.98. The van der Waals surface area contributed by atoms with E-state index in [1.807, 2.05) is 48.0 Å². The molecule has 1 heterocycles. The summed E-state index contributed by atoms with van der Waals surface area (Å²) in [4.78, 5) is 28.1. The van der Waals surface area contributed by atoms with Crippen molar-refractivity contribution in [2.24, 2.45) is 7.05 Å². The Hall–Kier alpha value is -3.06. The number of hydrogen-bond donors (Lipinski definition) is 2. The van der Waals surface area contributed by atoms with Gasteiger partial charge in [0.2, 0.25) is 5.91 Å². The molecule has 1 aromatic heterocycles. The molecule has 0 aliphatic rings. The van der Waals surface area contributed by atoms with Crippen molar-refractivity contribution >= 4 is 29.4 Å². The normalized spacial score (nSPS) is 10.3. The number of thioether (sulfide) groups is 1. The van der Waals surface area contributed by atoms with Crippen LogP contribution in [0.4, 0.5) is 10.5 Å². The second-order valence-electron chi connectivity index (χ2n) is 5.51. The molecule has 0 saturated carbocycles. The highest BCUT2D eigenvalue weighted by Crippen LogP contribution is 2.24. The third kappa shape index (κ3) is 4.52. The second kappa shape index (κ2) is 8.35. The molecule has 0 unspecified atom stereocenters. The zero-order valence-corrected chi connectivity index (χ0v) is 15.0. The Kier molecular flexibility index (Phi) is 5.70. The van der Waals surface area contributed by atoms with Gasteiger partial charge in [0.15, 0.2) is 5.16 Å². The van der Waals surface area contributed by atoms with Gasteiger partial charge in [0.05, 0.1) is 17.6 Å². The molecule has 3 amide bonds. The smallest absolute Gasteiger partial charge is 0.322 e. The Morgan fingerprint density at radius 2 is 1.69 bits per heavy atom. The van der Waals surface area contributed by atoms with E-state index in [0.29, 0.717) is 10.8 Å². The molecule has 3 aromatic rings. The van der Waals surface area contributed by atoms with Crippen molar-refractivity contribution in [1.29, 1.82) is 0 Å². The fourth-order valence-electron chi connectivity index (χ4n) is 2.38. The molecule has 0 radical (unpaired) electrons. The lowest BCUT2D eigenvalue weighted by Crippen LogP contribution is -2.35. The van der Waals surface area contributed by atoms with E-state index in [0.717, 1.165) is 11.3 Å². The predicted molar refractivity (Wildman–Crippen MR) is 103 cm³/mol. The van der Waals surface area contributed by atoms with Gasteiger partial charge in [-0.1, -0.05) is 60.3 Å². The number of imidazole rings is 1. The molecule has 132 valence electrons. The van der Waals surface area contributed by atoms with Crippen LogP contribution in [0, 0.1) is 0 Å². The van der Waals surface area contributed by atoms with Gasteiger partial charge in [0.1, 0.15) is 0 Å². The van der Waals surface area contributed by atoms with Crippen LogP contribution in [0.2, 0.25) is 0 Å². The second-order valence-corrected chi connectivity index (χ2v) is 6.45. The van der Waals surface area contributed by atoms with Crippen molar-refractivity contribution in [3.05, 3.63) is 66.9 Å². The van der Waals surface area contributed by atoms with E-state index in [2.05, 4.69) is 15.6 Å². The maximum Gasteiger partial charge on any atom is 0.325 e. The van der Waals surface area contributed by atoms with Crippen LogP contribution in [0.15, 0.2) is 72.0 Å². The molecule has 3 rings (SSSR count). The molecule has 0 aliphatic heterocycles. The van der Waals surface area contributed by atoms with E-state index in [1.54, 1.807) is 30.5 Å². The molecule has 0 spiro atoms.